The highest BCUT2D eigenvalue weighted by molar-refractivity contribution is 5.70. The molecule has 5 heteroatoms. The van der Waals surface area contributed by atoms with E-state index in [4.69, 9.17) is 4.74 Å². The Morgan fingerprint density at radius 3 is 2.71 bits per heavy atom. The summed E-state index contributed by atoms with van der Waals surface area (Å²) in [6, 6.07) is 16.9. The molecule has 0 amide bonds. The van der Waals surface area contributed by atoms with E-state index >= 15 is 0 Å². The number of rotatable bonds is 5. The van der Waals surface area contributed by atoms with Gasteiger partial charge in [0.2, 0.25) is 0 Å². The van der Waals surface area contributed by atoms with Crippen LogP contribution in [0.5, 0.6) is 0 Å². The molecule has 1 saturated heterocycles. The van der Waals surface area contributed by atoms with Gasteiger partial charge in [-0.15, -0.1) is 0 Å². The summed E-state index contributed by atoms with van der Waals surface area (Å²) in [5.74, 6) is -0.929. The van der Waals surface area contributed by atoms with E-state index in [1.165, 1.54) is 22.4 Å². The van der Waals surface area contributed by atoms with Crippen LogP contribution in [0.25, 0.3) is 0 Å². The van der Waals surface area contributed by atoms with Crippen molar-refractivity contribution in [2.24, 2.45) is 5.92 Å². The number of ether oxygens (including phenoxy) is 1. The molecule has 0 aromatic heterocycles. The van der Waals surface area contributed by atoms with Gasteiger partial charge in [-0.3, -0.25) is 4.79 Å². The number of hydrogen-bond donors (Lipinski definition) is 1. The molecule has 0 bridgehead atoms. The van der Waals surface area contributed by atoms with Gasteiger partial charge in [0.1, 0.15) is 6.10 Å². The van der Waals surface area contributed by atoms with Crippen molar-refractivity contribution in [3.8, 4) is 0 Å². The monoisotopic (exact) mass is 380 g/mol. The van der Waals surface area contributed by atoms with Crippen LogP contribution in [0.3, 0.4) is 0 Å². The Balaban J connectivity index is 1.51. The Morgan fingerprint density at radius 1 is 1.14 bits per heavy atom. The second-order valence-corrected chi connectivity index (χ2v) is 7.84. The number of anilines is 1. The zero-order valence-electron chi connectivity index (χ0n) is 16.4. The van der Waals surface area contributed by atoms with Crippen molar-refractivity contribution in [2.75, 3.05) is 38.2 Å². The van der Waals surface area contributed by atoms with E-state index in [-0.39, 0.29) is 12.0 Å². The number of fused-ring (bicyclic) bond motifs is 2. The maximum Gasteiger partial charge on any atom is 0.307 e. The van der Waals surface area contributed by atoms with E-state index in [0.717, 1.165) is 32.5 Å². The molecule has 2 aromatic rings. The van der Waals surface area contributed by atoms with Crippen LogP contribution in [0.1, 0.15) is 35.6 Å². The lowest BCUT2D eigenvalue weighted by Gasteiger charge is -2.31. The average molecular weight is 380 g/mol. The number of benzene rings is 2. The Labute approximate surface area is 166 Å². The number of hydrogen-bond acceptors (Lipinski definition) is 4. The summed E-state index contributed by atoms with van der Waals surface area (Å²) in [5, 5.41) is 9.30. The van der Waals surface area contributed by atoms with Gasteiger partial charge in [-0.2, -0.15) is 0 Å². The molecule has 4 rings (SSSR count). The van der Waals surface area contributed by atoms with Crippen LogP contribution >= 0.6 is 0 Å². The van der Waals surface area contributed by atoms with Gasteiger partial charge in [-0.25, -0.2) is 0 Å². The normalized spacial score (nSPS) is 22.2. The minimum atomic E-state index is -0.680. The van der Waals surface area contributed by atoms with Crippen LogP contribution in [-0.4, -0.2) is 49.3 Å². The highest BCUT2D eigenvalue weighted by Crippen LogP contribution is 2.38. The number of aliphatic carboxylic acids is 1. The highest BCUT2D eigenvalue weighted by Gasteiger charge is 2.28. The standard InChI is InChI=1S/C23H28N2O3/c1-24-15-17-7-2-3-9-19(17)22(20-10-4-5-11-21(20)24)28-14-13-25-12-6-8-18(16-25)23(26)27/h2-5,7,9-11,18,22H,6,8,12-16H2,1H3,(H,26,27). The third-order valence-electron chi connectivity index (χ3n) is 5.92. The van der Waals surface area contributed by atoms with Gasteiger partial charge < -0.3 is 19.6 Å². The molecule has 2 unspecified atom stereocenters. The molecule has 2 aliphatic heterocycles. The van der Waals surface area contributed by atoms with Gasteiger partial charge in [0.05, 0.1) is 12.5 Å². The lowest BCUT2D eigenvalue weighted by atomic mass is 9.97. The van der Waals surface area contributed by atoms with Gasteiger partial charge in [0.25, 0.3) is 0 Å². The van der Waals surface area contributed by atoms with Crippen LogP contribution < -0.4 is 4.90 Å². The average Bonchev–Trinajstić information content (AvgIpc) is 2.83. The number of likely N-dealkylation sites (tertiary alicyclic amines) is 1. The van der Waals surface area contributed by atoms with E-state index in [1.54, 1.807) is 0 Å². The third-order valence-corrected chi connectivity index (χ3v) is 5.92. The quantitative estimate of drug-likeness (QED) is 0.860. The molecule has 2 atom stereocenters. The van der Waals surface area contributed by atoms with Gasteiger partial charge >= 0.3 is 5.97 Å². The molecule has 28 heavy (non-hydrogen) atoms. The minimum absolute atomic E-state index is 0.0996. The van der Waals surface area contributed by atoms with E-state index in [2.05, 4.69) is 65.4 Å². The molecule has 0 radical (unpaired) electrons. The molecule has 0 saturated carbocycles. The first-order valence-corrected chi connectivity index (χ1v) is 10.1. The maximum absolute atomic E-state index is 11.3. The first kappa shape index (κ1) is 19.0. The molecule has 2 aromatic carbocycles. The summed E-state index contributed by atoms with van der Waals surface area (Å²) < 4.78 is 6.45. The number of carbonyl (C=O) groups is 1. The predicted molar refractivity (Wildman–Crippen MR) is 110 cm³/mol. The number of para-hydroxylation sites is 1. The zero-order chi connectivity index (χ0) is 19.5. The highest BCUT2D eigenvalue weighted by atomic mass is 16.5. The second-order valence-electron chi connectivity index (χ2n) is 7.84. The fourth-order valence-corrected chi connectivity index (χ4v) is 4.44. The van der Waals surface area contributed by atoms with Crippen molar-refractivity contribution in [3.05, 3.63) is 65.2 Å². The molecule has 2 heterocycles. The SMILES string of the molecule is CN1Cc2ccccc2C(OCCN2CCCC(C(=O)O)C2)c2ccccc21. The summed E-state index contributed by atoms with van der Waals surface area (Å²) in [7, 11) is 2.12. The van der Waals surface area contributed by atoms with Crippen molar-refractivity contribution < 1.29 is 14.6 Å². The fourth-order valence-electron chi connectivity index (χ4n) is 4.44. The summed E-state index contributed by atoms with van der Waals surface area (Å²) in [6.07, 6.45) is 1.62. The number of nitrogens with zero attached hydrogens (tertiary/aromatic N) is 2. The Morgan fingerprint density at radius 2 is 1.89 bits per heavy atom. The lowest BCUT2D eigenvalue weighted by Crippen LogP contribution is -2.40. The molecule has 1 fully saturated rings. The molecule has 0 aliphatic carbocycles. The molecule has 5 nitrogen and oxygen atoms in total. The first-order valence-electron chi connectivity index (χ1n) is 10.1. The van der Waals surface area contributed by atoms with Crippen LogP contribution in [0.4, 0.5) is 5.69 Å². The molecule has 2 aliphatic rings. The molecule has 1 N–H and O–H groups in total. The largest absolute Gasteiger partial charge is 0.481 e. The number of piperidine rings is 1. The lowest BCUT2D eigenvalue weighted by molar-refractivity contribution is -0.143. The van der Waals surface area contributed by atoms with Crippen LogP contribution in [-0.2, 0) is 16.1 Å². The first-order chi connectivity index (χ1) is 13.6. The van der Waals surface area contributed by atoms with Crippen molar-refractivity contribution in [3.63, 3.8) is 0 Å². The molecular weight excluding hydrogens is 352 g/mol. The molecule has 148 valence electrons. The fraction of sp³-hybridized carbons (Fsp3) is 0.435. The van der Waals surface area contributed by atoms with Crippen molar-refractivity contribution in [1.29, 1.82) is 0 Å². The van der Waals surface area contributed by atoms with E-state index in [9.17, 15) is 9.90 Å². The van der Waals surface area contributed by atoms with Gasteiger partial charge in [-0.05, 0) is 36.6 Å². The van der Waals surface area contributed by atoms with Crippen LogP contribution in [0, 0.1) is 5.92 Å². The van der Waals surface area contributed by atoms with Crippen molar-refractivity contribution in [2.45, 2.75) is 25.5 Å². The molecule has 0 spiro atoms. The Hall–Kier alpha value is -2.37. The van der Waals surface area contributed by atoms with Crippen molar-refractivity contribution >= 4 is 11.7 Å². The van der Waals surface area contributed by atoms with Crippen LogP contribution in [0.15, 0.2) is 48.5 Å². The van der Waals surface area contributed by atoms with Gasteiger partial charge in [0, 0.05) is 37.9 Å². The molecular formula is C23H28N2O3. The summed E-state index contributed by atoms with van der Waals surface area (Å²) in [4.78, 5) is 15.8. The van der Waals surface area contributed by atoms with Crippen LogP contribution in [0.2, 0.25) is 0 Å². The van der Waals surface area contributed by atoms with E-state index in [1.807, 2.05) is 0 Å². The zero-order valence-corrected chi connectivity index (χ0v) is 16.4. The maximum atomic E-state index is 11.3. The third kappa shape index (κ3) is 3.91. The predicted octanol–water partition coefficient (Wildman–Crippen LogP) is 3.54. The second kappa shape index (κ2) is 8.33. The summed E-state index contributed by atoms with van der Waals surface area (Å²) in [5.41, 5.74) is 4.90. The smallest absolute Gasteiger partial charge is 0.307 e. The van der Waals surface area contributed by atoms with Crippen molar-refractivity contribution in [1.82, 2.24) is 4.90 Å². The summed E-state index contributed by atoms with van der Waals surface area (Å²) in [6.45, 7) is 3.79. The van der Waals surface area contributed by atoms with Gasteiger partial charge in [-0.1, -0.05) is 42.5 Å². The number of carboxylic acid groups (broad SMARTS) is 1. The topological polar surface area (TPSA) is 53.0 Å². The van der Waals surface area contributed by atoms with E-state index < -0.39 is 5.97 Å². The van der Waals surface area contributed by atoms with E-state index in [0.29, 0.717) is 13.2 Å². The van der Waals surface area contributed by atoms with Gasteiger partial charge in [0.15, 0.2) is 0 Å². The number of carboxylic acids is 1. The Bertz CT molecular complexity index is 838. The Kier molecular flexibility index (Phi) is 5.64. The minimum Gasteiger partial charge on any atom is -0.481 e. The summed E-state index contributed by atoms with van der Waals surface area (Å²) >= 11 is 0.